The summed E-state index contributed by atoms with van der Waals surface area (Å²) in [6.45, 7) is 5.92. The van der Waals surface area contributed by atoms with Gasteiger partial charge in [-0.05, 0) is 20.3 Å². The lowest BCUT2D eigenvalue weighted by molar-refractivity contribution is 0.203. The quantitative estimate of drug-likeness (QED) is 0.654. The molecule has 0 rings (SSSR count). The minimum Gasteiger partial charge on any atom is -0.338 e. The van der Waals surface area contributed by atoms with Crippen molar-refractivity contribution in [3.05, 3.63) is 0 Å². The van der Waals surface area contributed by atoms with Crippen LogP contribution in [-0.4, -0.2) is 30.6 Å². The molecule has 0 aliphatic rings. The van der Waals surface area contributed by atoms with Crippen LogP contribution in [0.1, 0.15) is 26.7 Å². The number of nitriles is 1. The number of nitrogens with zero attached hydrogens (tertiary/aromatic N) is 2. The summed E-state index contributed by atoms with van der Waals surface area (Å²) in [4.78, 5) is 13.0. The summed E-state index contributed by atoms with van der Waals surface area (Å²) in [7, 11) is 0. The summed E-state index contributed by atoms with van der Waals surface area (Å²) in [5, 5.41) is 11.0. The molecule has 13 heavy (non-hydrogen) atoms. The zero-order chi connectivity index (χ0) is 10.1. The molecule has 0 aromatic carbocycles. The van der Waals surface area contributed by atoms with Crippen LogP contribution in [0.25, 0.3) is 0 Å². The average Bonchev–Trinajstić information content (AvgIpc) is 2.14. The largest absolute Gasteiger partial charge is 0.338 e. The summed E-state index contributed by atoms with van der Waals surface area (Å²) < 4.78 is 0. The SMILES string of the molecule is CCN(CC)C(=O)NCCCC#N. The first-order valence-electron chi connectivity index (χ1n) is 4.66. The molecule has 0 unspecified atom stereocenters. The third kappa shape index (κ3) is 5.07. The second kappa shape index (κ2) is 7.41. The molecule has 74 valence electrons. The van der Waals surface area contributed by atoms with Crippen molar-refractivity contribution >= 4 is 6.03 Å². The minimum atomic E-state index is -0.0389. The summed E-state index contributed by atoms with van der Waals surface area (Å²) in [5.74, 6) is 0. The van der Waals surface area contributed by atoms with Crippen molar-refractivity contribution < 1.29 is 4.79 Å². The minimum absolute atomic E-state index is 0.0389. The third-order valence-corrected chi connectivity index (χ3v) is 1.79. The summed E-state index contributed by atoms with van der Waals surface area (Å²) in [5.41, 5.74) is 0. The smallest absolute Gasteiger partial charge is 0.317 e. The van der Waals surface area contributed by atoms with Gasteiger partial charge in [0.25, 0.3) is 0 Å². The van der Waals surface area contributed by atoms with Gasteiger partial charge >= 0.3 is 6.03 Å². The molecule has 1 N–H and O–H groups in total. The van der Waals surface area contributed by atoms with E-state index in [0.29, 0.717) is 13.0 Å². The molecule has 0 aromatic heterocycles. The normalized spacial score (nSPS) is 9.00. The number of carbonyl (C=O) groups excluding carboxylic acids is 1. The number of unbranched alkanes of at least 4 members (excludes halogenated alkanes) is 1. The highest BCUT2D eigenvalue weighted by Gasteiger charge is 2.06. The van der Waals surface area contributed by atoms with Gasteiger partial charge < -0.3 is 10.2 Å². The fraction of sp³-hybridized carbons (Fsp3) is 0.778. The highest BCUT2D eigenvalue weighted by Crippen LogP contribution is 1.89. The van der Waals surface area contributed by atoms with Crippen LogP contribution in [0.3, 0.4) is 0 Å². The Hall–Kier alpha value is -1.24. The molecular formula is C9H17N3O. The molecule has 0 bridgehead atoms. The number of hydrogen-bond donors (Lipinski definition) is 1. The van der Waals surface area contributed by atoms with E-state index in [1.807, 2.05) is 19.9 Å². The summed E-state index contributed by atoms with van der Waals surface area (Å²) >= 11 is 0. The van der Waals surface area contributed by atoms with Crippen LogP contribution in [0, 0.1) is 11.3 Å². The number of hydrogen-bond acceptors (Lipinski definition) is 2. The monoisotopic (exact) mass is 183 g/mol. The van der Waals surface area contributed by atoms with Gasteiger partial charge in [0.05, 0.1) is 6.07 Å². The maximum Gasteiger partial charge on any atom is 0.317 e. The Morgan fingerprint density at radius 2 is 2.08 bits per heavy atom. The lowest BCUT2D eigenvalue weighted by atomic mass is 10.3. The van der Waals surface area contributed by atoms with Gasteiger partial charge in [-0.15, -0.1) is 0 Å². The standard InChI is InChI=1S/C9H17N3O/c1-3-12(4-2)9(13)11-8-6-5-7-10/h3-6,8H2,1-2H3,(H,11,13). The van der Waals surface area contributed by atoms with Crippen molar-refractivity contribution in [3.63, 3.8) is 0 Å². The third-order valence-electron chi connectivity index (χ3n) is 1.79. The Bertz CT molecular complexity index is 182. The second-order valence-electron chi connectivity index (χ2n) is 2.67. The van der Waals surface area contributed by atoms with Crippen LogP contribution in [0.15, 0.2) is 0 Å². The fourth-order valence-corrected chi connectivity index (χ4v) is 0.985. The molecular weight excluding hydrogens is 166 g/mol. The Kier molecular flexibility index (Phi) is 6.70. The molecule has 0 spiro atoms. The van der Waals surface area contributed by atoms with Gasteiger partial charge in [-0.2, -0.15) is 5.26 Å². The van der Waals surface area contributed by atoms with Crippen molar-refractivity contribution in [2.45, 2.75) is 26.7 Å². The van der Waals surface area contributed by atoms with Crippen molar-refractivity contribution in [1.29, 1.82) is 5.26 Å². The van der Waals surface area contributed by atoms with Crippen LogP contribution < -0.4 is 5.32 Å². The average molecular weight is 183 g/mol. The molecule has 0 heterocycles. The molecule has 0 saturated carbocycles. The van der Waals surface area contributed by atoms with Crippen LogP contribution in [0.4, 0.5) is 4.79 Å². The predicted molar refractivity (Wildman–Crippen MR) is 51.2 cm³/mol. The highest BCUT2D eigenvalue weighted by molar-refractivity contribution is 5.73. The molecule has 4 nitrogen and oxygen atoms in total. The van der Waals surface area contributed by atoms with E-state index in [4.69, 9.17) is 5.26 Å². The Morgan fingerprint density at radius 1 is 1.46 bits per heavy atom. The van der Waals surface area contributed by atoms with Crippen LogP contribution >= 0.6 is 0 Å². The van der Waals surface area contributed by atoms with Gasteiger partial charge in [0.1, 0.15) is 0 Å². The van der Waals surface area contributed by atoms with Crippen molar-refractivity contribution in [1.82, 2.24) is 10.2 Å². The summed E-state index contributed by atoms with van der Waals surface area (Å²) in [6.07, 6.45) is 1.22. The van der Waals surface area contributed by atoms with E-state index in [2.05, 4.69) is 5.32 Å². The first kappa shape index (κ1) is 11.8. The lowest BCUT2D eigenvalue weighted by Crippen LogP contribution is -2.39. The van der Waals surface area contributed by atoms with E-state index in [0.717, 1.165) is 19.5 Å². The topological polar surface area (TPSA) is 56.1 Å². The van der Waals surface area contributed by atoms with Gasteiger partial charge in [-0.3, -0.25) is 0 Å². The molecule has 2 amide bonds. The molecule has 0 aliphatic heterocycles. The maximum absolute atomic E-state index is 11.3. The van der Waals surface area contributed by atoms with Crippen LogP contribution in [0.2, 0.25) is 0 Å². The molecule has 0 fully saturated rings. The molecule has 4 heteroatoms. The fourth-order valence-electron chi connectivity index (χ4n) is 0.985. The van der Waals surface area contributed by atoms with E-state index in [1.165, 1.54) is 0 Å². The number of urea groups is 1. The van der Waals surface area contributed by atoms with E-state index in [1.54, 1.807) is 4.90 Å². The van der Waals surface area contributed by atoms with E-state index < -0.39 is 0 Å². The number of rotatable bonds is 5. The van der Waals surface area contributed by atoms with Gasteiger partial charge in [0.15, 0.2) is 0 Å². The van der Waals surface area contributed by atoms with E-state index >= 15 is 0 Å². The van der Waals surface area contributed by atoms with E-state index in [-0.39, 0.29) is 6.03 Å². The molecule has 0 aromatic rings. The van der Waals surface area contributed by atoms with Gasteiger partial charge in [-0.1, -0.05) is 0 Å². The molecule has 0 atom stereocenters. The van der Waals surface area contributed by atoms with Crippen molar-refractivity contribution in [2.75, 3.05) is 19.6 Å². The lowest BCUT2D eigenvalue weighted by Gasteiger charge is -2.18. The predicted octanol–water partition coefficient (Wildman–Crippen LogP) is 1.34. The van der Waals surface area contributed by atoms with Crippen LogP contribution in [-0.2, 0) is 0 Å². The number of carbonyl (C=O) groups is 1. The Balaban J connectivity index is 3.55. The van der Waals surface area contributed by atoms with Crippen LogP contribution in [0.5, 0.6) is 0 Å². The van der Waals surface area contributed by atoms with Crippen molar-refractivity contribution in [2.24, 2.45) is 0 Å². The first-order valence-corrected chi connectivity index (χ1v) is 4.66. The zero-order valence-corrected chi connectivity index (χ0v) is 8.34. The Morgan fingerprint density at radius 3 is 2.54 bits per heavy atom. The zero-order valence-electron chi connectivity index (χ0n) is 8.34. The second-order valence-corrected chi connectivity index (χ2v) is 2.67. The first-order chi connectivity index (χ1) is 6.26. The highest BCUT2D eigenvalue weighted by atomic mass is 16.2. The van der Waals surface area contributed by atoms with Gasteiger partial charge in [0.2, 0.25) is 0 Å². The number of nitrogens with one attached hydrogen (secondary N) is 1. The van der Waals surface area contributed by atoms with Gasteiger partial charge in [-0.25, -0.2) is 4.79 Å². The maximum atomic E-state index is 11.3. The number of amides is 2. The Labute approximate surface area is 79.5 Å². The van der Waals surface area contributed by atoms with Crippen molar-refractivity contribution in [3.8, 4) is 6.07 Å². The molecule has 0 radical (unpaired) electrons. The van der Waals surface area contributed by atoms with E-state index in [9.17, 15) is 4.79 Å². The summed E-state index contributed by atoms with van der Waals surface area (Å²) in [6, 6.07) is 1.99. The molecule has 0 aliphatic carbocycles. The molecule has 0 saturated heterocycles. The van der Waals surface area contributed by atoms with Gasteiger partial charge in [0, 0.05) is 26.1 Å².